The van der Waals surface area contributed by atoms with Gasteiger partial charge in [0.25, 0.3) is 5.91 Å². The normalized spacial score (nSPS) is 19.8. The number of carbonyl (C=O) groups is 2. The Kier molecular flexibility index (Phi) is 5.44. The van der Waals surface area contributed by atoms with E-state index in [0.29, 0.717) is 18.5 Å². The number of aryl methyl sites for hydroxylation is 1. The van der Waals surface area contributed by atoms with Crippen molar-refractivity contribution in [3.05, 3.63) is 46.2 Å². The lowest BCUT2D eigenvalue weighted by Crippen LogP contribution is -2.47. The molecule has 1 aromatic carbocycles. The molecule has 1 aliphatic rings. The number of nitrogens with zero attached hydrogens (tertiary/aromatic N) is 1. The molecule has 0 aliphatic carbocycles. The van der Waals surface area contributed by atoms with Crippen LogP contribution in [0.25, 0.3) is 11.1 Å². The van der Waals surface area contributed by atoms with Crippen molar-refractivity contribution in [1.29, 1.82) is 0 Å². The zero-order valence-electron chi connectivity index (χ0n) is 15.4. The lowest BCUT2D eigenvalue weighted by atomic mass is 10.0. The Morgan fingerprint density at radius 3 is 2.62 bits per heavy atom. The van der Waals surface area contributed by atoms with Gasteiger partial charge in [-0.25, -0.2) is 0 Å². The van der Waals surface area contributed by atoms with E-state index in [1.54, 1.807) is 16.2 Å². The first-order chi connectivity index (χ1) is 12.4. The number of nitrogens with one attached hydrogen (secondary N) is 1. The Bertz CT molecular complexity index is 801. The standard InChI is InChI=1S/C20H25N3O2S/c1-12(2)22-19(24)17-9-15(21)10-23(17)20(25)16-11-26-13(3)18(16)14-7-5-4-6-8-14/h4-8,11-12,15,17H,9-10,21H2,1-3H3,(H,22,24)/t15-,17-/m0/s1. The molecule has 6 heteroatoms. The molecule has 0 radical (unpaired) electrons. The predicted octanol–water partition coefficient (Wildman–Crippen LogP) is 2.79. The fourth-order valence-corrected chi connectivity index (χ4v) is 4.31. The van der Waals surface area contributed by atoms with Gasteiger partial charge in [0.05, 0.1) is 5.56 Å². The Morgan fingerprint density at radius 1 is 1.27 bits per heavy atom. The summed E-state index contributed by atoms with van der Waals surface area (Å²) >= 11 is 1.55. The van der Waals surface area contributed by atoms with Crippen molar-refractivity contribution in [2.75, 3.05) is 6.54 Å². The van der Waals surface area contributed by atoms with Gasteiger partial charge in [0.2, 0.25) is 5.91 Å². The third kappa shape index (κ3) is 3.66. The number of amides is 2. The molecule has 138 valence electrons. The first kappa shape index (κ1) is 18.6. The van der Waals surface area contributed by atoms with E-state index in [9.17, 15) is 9.59 Å². The van der Waals surface area contributed by atoms with E-state index >= 15 is 0 Å². The summed E-state index contributed by atoms with van der Waals surface area (Å²) in [6.45, 7) is 6.24. The summed E-state index contributed by atoms with van der Waals surface area (Å²) < 4.78 is 0. The second-order valence-corrected chi connectivity index (χ2v) is 8.16. The molecular weight excluding hydrogens is 346 g/mol. The van der Waals surface area contributed by atoms with E-state index in [-0.39, 0.29) is 23.9 Å². The topological polar surface area (TPSA) is 75.4 Å². The first-order valence-electron chi connectivity index (χ1n) is 8.89. The van der Waals surface area contributed by atoms with Gasteiger partial charge in [-0.05, 0) is 32.8 Å². The van der Waals surface area contributed by atoms with Gasteiger partial charge in [0.1, 0.15) is 6.04 Å². The molecule has 0 saturated carbocycles. The molecule has 1 aromatic heterocycles. The van der Waals surface area contributed by atoms with Gasteiger partial charge < -0.3 is 16.0 Å². The molecule has 3 N–H and O–H groups in total. The zero-order chi connectivity index (χ0) is 18.8. The highest BCUT2D eigenvalue weighted by Crippen LogP contribution is 2.34. The fraction of sp³-hybridized carbons (Fsp3) is 0.400. The highest BCUT2D eigenvalue weighted by molar-refractivity contribution is 7.10. The maximum atomic E-state index is 13.3. The molecule has 2 amide bonds. The van der Waals surface area contributed by atoms with Crippen LogP contribution in [0.15, 0.2) is 35.7 Å². The molecule has 5 nitrogen and oxygen atoms in total. The van der Waals surface area contributed by atoms with Gasteiger partial charge in [-0.15, -0.1) is 11.3 Å². The van der Waals surface area contributed by atoms with Crippen molar-refractivity contribution in [3.8, 4) is 11.1 Å². The third-order valence-corrected chi connectivity index (χ3v) is 5.51. The SMILES string of the molecule is Cc1scc(C(=O)N2C[C@@H](N)C[C@H]2C(=O)NC(C)C)c1-c1ccccc1. The molecule has 0 unspecified atom stereocenters. The van der Waals surface area contributed by atoms with Gasteiger partial charge in [-0.1, -0.05) is 30.3 Å². The van der Waals surface area contributed by atoms with Crippen molar-refractivity contribution in [2.24, 2.45) is 5.73 Å². The second-order valence-electron chi connectivity index (χ2n) is 7.08. The quantitative estimate of drug-likeness (QED) is 0.868. The summed E-state index contributed by atoms with van der Waals surface area (Å²) in [6, 6.07) is 9.23. The lowest BCUT2D eigenvalue weighted by molar-refractivity contribution is -0.125. The van der Waals surface area contributed by atoms with Crippen LogP contribution in [0.1, 0.15) is 35.5 Å². The van der Waals surface area contributed by atoms with E-state index in [4.69, 9.17) is 5.73 Å². The summed E-state index contributed by atoms with van der Waals surface area (Å²) in [5, 5.41) is 4.80. The van der Waals surface area contributed by atoms with Crippen LogP contribution in [0.3, 0.4) is 0 Å². The van der Waals surface area contributed by atoms with Crippen LogP contribution in [-0.2, 0) is 4.79 Å². The van der Waals surface area contributed by atoms with Gasteiger partial charge >= 0.3 is 0 Å². The minimum Gasteiger partial charge on any atom is -0.352 e. The fourth-order valence-electron chi connectivity index (χ4n) is 3.45. The van der Waals surface area contributed by atoms with E-state index < -0.39 is 6.04 Å². The summed E-state index contributed by atoms with van der Waals surface area (Å²) in [4.78, 5) is 28.6. The van der Waals surface area contributed by atoms with Crippen LogP contribution < -0.4 is 11.1 Å². The number of hydrogen-bond donors (Lipinski definition) is 2. The van der Waals surface area contributed by atoms with Crippen LogP contribution in [0.5, 0.6) is 0 Å². The van der Waals surface area contributed by atoms with Crippen molar-refractivity contribution >= 4 is 23.2 Å². The Balaban J connectivity index is 1.93. The van der Waals surface area contributed by atoms with E-state index in [2.05, 4.69) is 5.32 Å². The molecule has 26 heavy (non-hydrogen) atoms. The summed E-state index contributed by atoms with van der Waals surface area (Å²) in [5.41, 5.74) is 8.69. The predicted molar refractivity (Wildman–Crippen MR) is 105 cm³/mol. The van der Waals surface area contributed by atoms with Crippen molar-refractivity contribution in [2.45, 2.75) is 45.3 Å². The molecule has 1 aliphatic heterocycles. The Labute approximate surface area is 158 Å². The molecule has 0 bridgehead atoms. The van der Waals surface area contributed by atoms with Crippen molar-refractivity contribution < 1.29 is 9.59 Å². The van der Waals surface area contributed by atoms with Crippen LogP contribution in [-0.4, -0.2) is 41.4 Å². The third-order valence-electron chi connectivity index (χ3n) is 4.60. The highest BCUT2D eigenvalue weighted by atomic mass is 32.1. The van der Waals surface area contributed by atoms with Crippen LogP contribution in [0.4, 0.5) is 0 Å². The molecule has 2 aromatic rings. The summed E-state index contributed by atoms with van der Waals surface area (Å²) in [6.07, 6.45) is 0.494. The maximum Gasteiger partial charge on any atom is 0.256 e. The van der Waals surface area contributed by atoms with Crippen LogP contribution >= 0.6 is 11.3 Å². The van der Waals surface area contributed by atoms with Crippen molar-refractivity contribution in [3.63, 3.8) is 0 Å². The van der Waals surface area contributed by atoms with Gasteiger partial charge in [0, 0.05) is 34.4 Å². The minimum atomic E-state index is -0.510. The molecule has 3 rings (SSSR count). The number of likely N-dealkylation sites (tertiary alicyclic amines) is 1. The minimum absolute atomic E-state index is 0.0274. The average molecular weight is 372 g/mol. The zero-order valence-corrected chi connectivity index (χ0v) is 16.2. The Hall–Kier alpha value is -2.18. The molecule has 2 heterocycles. The summed E-state index contributed by atoms with van der Waals surface area (Å²) in [7, 11) is 0. The van der Waals surface area contributed by atoms with Gasteiger partial charge in [0.15, 0.2) is 0 Å². The number of rotatable bonds is 4. The monoisotopic (exact) mass is 371 g/mol. The largest absolute Gasteiger partial charge is 0.352 e. The molecule has 2 atom stereocenters. The number of benzene rings is 1. The van der Waals surface area contributed by atoms with Gasteiger partial charge in [-0.2, -0.15) is 0 Å². The lowest BCUT2D eigenvalue weighted by Gasteiger charge is -2.25. The van der Waals surface area contributed by atoms with Crippen LogP contribution in [0, 0.1) is 6.92 Å². The molecule has 1 fully saturated rings. The molecular formula is C20H25N3O2S. The van der Waals surface area contributed by atoms with E-state index in [1.807, 2.05) is 56.5 Å². The van der Waals surface area contributed by atoms with E-state index in [1.165, 1.54) is 0 Å². The number of hydrogen-bond acceptors (Lipinski definition) is 4. The first-order valence-corrected chi connectivity index (χ1v) is 9.77. The number of thiophene rings is 1. The average Bonchev–Trinajstić information content (AvgIpc) is 3.17. The maximum absolute atomic E-state index is 13.3. The van der Waals surface area contributed by atoms with Crippen LogP contribution in [0.2, 0.25) is 0 Å². The second kappa shape index (κ2) is 7.60. The smallest absolute Gasteiger partial charge is 0.256 e. The van der Waals surface area contributed by atoms with Crippen molar-refractivity contribution in [1.82, 2.24) is 10.2 Å². The number of nitrogens with two attached hydrogens (primary N) is 1. The molecule has 1 saturated heterocycles. The Morgan fingerprint density at radius 2 is 1.96 bits per heavy atom. The molecule has 0 spiro atoms. The highest BCUT2D eigenvalue weighted by Gasteiger charge is 2.39. The van der Waals surface area contributed by atoms with E-state index in [0.717, 1.165) is 16.0 Å². The summed E-state index contributed by atoms with van der Waals surface area (Å²) in [5.74, 6) is -0.250. The van der Waals surface area contributed by atoms with Gasteiger partial charge in [-0.3, -0.25) is 9.59 Å². The number of carbonyl (C=O) groups excluding carboxylic acids is 2.